The van der Waals surface area contributed by atoms with Gasteiger partial charge in [-0.1, -0.05) is 55.8 Å². The van der Waals surface area contributed by atoms with Crippen molar-refractivity contribution in [3.8, 4) is 0 Å². The van der Waals surface area contributed by atoms with E-state index in [1.807, 2.05) is 13.8 Å². The molecule has 0 unspecified atom stereocenters. The lowest BCUT2D eigenvalue weighted by molar-refractivity contribution is -0.121. The summed E-state index contributed by atoms with van der Waals surface area (Å²) in [6, 6.07) is 12.7. The van der Waals surface area contributed by atoms with E-state index in [0.29, 0.717) is 12.2 Å². The summed E-state index contributed by atoms with van der Waals surface area (Å²) in [5.74, 6) is 0.417. The van der Waals surface area contributed by atoms with Gasteiger partial charge in [-0.15, -0.1) is 0 Å². The maximum atomic E-state index is 11.7. The smallest absolute Gasteiger partial charge is 0.139 e. The molecule has 0 N–H and O–H groups in total. The molecule has 0 aliphatic rings. The molecule has 0 atom stereocenters. The van der Waals surface area contributed by atoms with Gasteiger partial charge in [-0.3, -0.25) is 4.79 Å². The molecule has 0 radical (unpaired) electrons. The van der Waals surface area contributed by atoms with Gasteiger partial charge in [0.25, 0.3) is 0 Å². The van der Waals surface area contributed by atoms with Gasteiger partial charge in [-0.05, 0) is 23.3 Å². The van der Waals surface area contributed by atoms with E-state index in [4.69, 9.17) is 0 Å². The van der Waals surface area contributed by atoms with Crippen molar-refractivity contribution in [1.29, 1.82) is 0 Å². The predicted octanol–water partition coefficient (Wildman–Crippen LogP) is 3.92. The predicted molar refractivity (Wildman–Crippen MR) is 72.2 cm³/mol. The molecule has 0 heterocycles. The van der Waals surface area contributed by atoms with Gasteiger partial charge in [-0.25, -0.2) is 0 Å². The van der Waals surface area contributed by atoms with Crippen molar-refractivity contribution in [1.82, 2.24) is 0 Å². The highest BCUT2D eigenvalue weighted by Crippen LogP contribution is 2.18. The highest BCUT2D eigenvalue weighted by molar-refractivity contribution is 5.87. The van der Waals surface area contributed by atoms with E-state index in [1.54, 1.807) is 0 Å². The Morgan fingerprint density at radius 2 is 1.71 bits per heavy atom. The van der Waals surface area contributed by atoms with E-state index in [-0.39, 0.29) is 5.92 Å². The Bertz CT molecular complexity index is 552. The second-order valence-corrected chi connectivity index (χ2v) is 4.98. The maximum absolute atomic E-state index is 11.7. The molecular weight excluding hydrogens is 208 g/mol. The molecule has 0 saturated carbocycles. The summed E-state index contributed by atoms with van der Waals surface area (Å²) in [5.41, 5.74) is 2.38. The summed E-state index contributed by atoms with van der Waals surface area (Å²) < 4.78 is 0. The molecule has 0 saturated heterocycles. The number of hydrogen-bond donors (Lipinski definition) is 0. The standard InChI is InChI=1S/C16H18O/c1-11(2)16(17)10-13-5-7-14-8-12(3)4-6-15(14)9-13/h4-9,11H,10H2,1-3H3. The Balaban J connectivity index is 2.32. The maximum Gasteiger partial charge on any atom is 0.139 e. The Labute approximate surface area is 102 Å². The number of carbonyl (C=O) groups excluding carboxylic acids is 1. The van der Waals surface area contributed by atoms with Crippen LogP contribution in [0.2, 0.25) is 0 Å². The van der Waals surface area contributed by atoms with Crippen LogP contribution in [0, 0.1) is 12.8 Å². The molecule has 0 spiro atoms. The third kappa shape index (κ3) is 2.73. The molecule has 1 heteroatoms. The number of fused-ring (bicyclic) bond motifs is 1. The first-order chi connectivity index (χ1) is 8.06. The van der Waals surface area contributed by atoms with Crippen LogP contribution in [-0.2, 0) is 11.2 Å². The van der Waals surface area contributed by atoms with Crippen molar-refractivity contribution >= 4 is 16.6 Å². The van der Waals surface area contributed by atoms with Crippen LogP contribution >= 0.6 is 0 Å². The first kappa shape index (κ1) is 11.8. The lowest BCUT2D eigenvalue weighted by Gasteiger charge is -2.06. The van der Waals surface area contributed by atoms with E-state index in [9.17, 15) is 4.79 Å². The molecule has 88 valence electrons. The van der Waals surface area contributed by atoms with Gasteiger partial charge >= 0.3 is 0 Å². The van der Waals surface area contributed by atoms with Crippen LogP contribution in [0.3, 0.4) is 0 Å². The quantitative estimate of drug-likeness (QED) is 0.775. The van der Waals surface area contributed by atoms with Gasteiger partial charge in [0.05, 0.1) is 0 Å². The fraction of sp³-hybridized carbons (Fsp3) is 0.312. The number of Topliss-reactive ketones (excluding diaryl/α,β-unsaturated/α-hetero) is 1. The molecule has 0 aromatic heterocycles. The van der Waals surface area contributed by atoms with Crippen LogP contribution < -0.4 is 0 Å². The van der Waals surface area contributed by atoms with Crippen LogP contribution in [0.15, 0.2) is 36.4 Å². The fourth-order valence-electron chi connectivity index (χ4n) is 1.93. The van der Waals surface area contributed by atoms with Gasteiger partial charge in [-0.2, -0.15) is 0 Å². The molecule has 1 nitrogen and oxygen atoms in total. The van der Waals surface area contributed by atoms with Gasteiger partial charge < -0.3 is 0 Å². The number of aryl methyl sites for hydroxylation is 1. The molecule has 0 bridgehead atoms. The van der Waals surface area contributed by atoms with Crippen LogP contribution in [0.25, 0.3) is 10.8 Å². The van der Waals surface area contributed by atoms with E-state index < -0.39 is 0 Å². The minimum absolute atomic E-state index is 0.115. The largest absolute Gasteiger partial charge is 0.299 e. The second kappa shape index (κ2) is 4.70. The molecule has 0 fully saturated rings. The summed E-state index contributed by atoms with van der Waals surface area (Å²) in [6.45, 7) is 6.00. The van der Waals surface area contributed by atoms with E-state index in [0.717, 1.165) is 5.56 Å². The van der Waals surface area contributed by atoms with Crippen LogP contribution in [0.4, 0.5) is 0 Å². The van der Waals surface area contributed by atoms with E-state index in [2.05, 4.69) is 43.3 Å². The number of hydrogen-bond acceptors (Lipinski definition) is 1. The summed E-state index contributed by atoms with van der Waals surface area (Å²) in [5, 5.41) is 2.45. The van der Waals surface area contributed by atoms with Gasteiger partial charge in [0.2, 0.25) is 0 Å². The average molecular weight is 226 g/mol. The number of carbonyl (C=O) groups is 1. The third-order valence-corrected chi connectivity index (χ3v) is 3.08. The van der Waals surface area contributed by atoms with Gasteiger partial charge in [0.15, 0.2) is 0 Å². The summed E-state index contributed by atoms with van der Waals surface area (Å²) in [7, 11) is 0. The highest BCUT2D eigenvalue weighted by Gasteiger charge is 2.08. The zero-order chi connectivity index (χ0) is 12.4. The van der Waals surface area contributed by atoms with E-state index in [1.165, 1.54) is 16.3 Å². The fourth-order valence-corrected chi connectivity index (χ4v) is 1.93. The van der Waals surface area contributed by atoms with Crippen LogP contribution in [0.1, 0.15) is 25.0 Å². The minimum atomic E-state index is 0.115. The van der Waals surface area contributed by atoms with E-state index >= 15 is 0 Å². The molecule has 0 amide bonds. The van der Waals surface area contributed by atoms with Crippen molar-refractivity contribution in [2.24, 2.45) is 5.92 Å². The molecule has 0 aliphatic heterocycles. The van der Waals surface area contributed by atoms with Crippen molar-refractivity contribution in [2.45, 2.75) is 27.2 Å². The van der Waals surface area contributed by atoms with Crippen molar-refractivity contribution in [2.75, 3.05) is 0 Å². The molecular formula is C16H18O. The molecule has 2 rings (SSSR count). The van der Waals surface area contributed by atoms with Gasteiger partial charge in [0.1, 0.15) is 5.78 Å². The first-order valence-electron chi connectivity index (χ1n) is 6.08. The Hall–Kier alpha value is -1.63. The highest BCUT2D eigenvalue weighted by atomic mass is 16.1. The summed E-state index contributed by atoms with van der Waals surface area (Å²) >= 11 is 0. The topological polar surface area (TPSA) is 17.1 Å². The monoisotopic (exact) mass is 226 g/mol. The Morgan fingerprint density at radius 3 is 2.41 bits per heavy atom. The third-order valence-electron chi connectivity index (χ3n) is 3.08. The average Bonchev–Trinajstić information content (AvgIpc) is 2.29. The zero-order valence-electron chi connectivity index (χ0n) is 10.7. The zero-order valence-corrected chi connectivity index (χ0v) is 10.7. The molecule has 2 aromatic rings. The summed E-state index contributed by atoms with van der Waals surface area (Å²) in [4.78, 5) is 11.7. The van der Waals surface area contributed by atoms with Crippen molar-refractivity contribution in [3.05, 3.63) is 47.5 Å². The SMILES string of the molecule is Cc1ccc2cc(CC(=O)C(C)C)ccc2c1. The van der Waals surface area contributed by atoms with Crippen LogP contribution in [0.5, 0.6) is 0 Å². The van der Waals surface area contributed by atoms with Crippen molar-refractivity contribution < 1.29 is 4.79 Å². The first-order valence-corrected chi connectivity index (χ1v) is 6.08. The van der Waals surface area contributed by atoms with Crippen LogP contribution in [-0.4, -0.2) is 5.78 Å². The molecule has 2 aromatic carbocycles. The summed E-state index contributed by atoms with van der Waals surface area (Å²) in [6.07, 6.45) is 0.543. The Kier molecular flexibility index (Phi) is 3.28. The number of ketones is 1. The van der Waals surface area contributed by atoms with Crippen molar-refractivity contribution in [3.63, 3.8) is 0 Å². The lowest BCUT2D eigenvalue weighted by Crippen LogP contribution is -2.09. The number of rotatable bonds is 3. The lowest BCUT2D eigenvalue weighted by atomic mass is 9.98. The normalized spacial score (nSPS) is 11.1. The molecule has 0 aliphatic carbocycles. The minimum Gasteiger partial charge on any atom is -0.299 e. The second-order valence-electron chi connectivity index (χ2n) is 4.98. The Morgan fingerprint density at radius 1 is 1.06 bits per heavy atom. The number of benzene rings is 2. The molecule has 17 heavy (non-hydrogen) atoms. The van der Waals surface area contributed by atoms with Gasteiger partial charge in [0, 0.05) is 12.3 Å².